The number of nitrogens with one attached hydrogen (secondary N) is 2. The van der Waals surface area contributed by atoms with Crippen molar-refractivity contribution in [1.29, 1.82) is 0 Å². The van der Waals surface area contributed by atoms with Crippen molar-refractivity contribution in [1.82, 2.24) is 10.3 Å². The molecule has 0 saturated carbocycles. The fourth-order valence-corrected chi connectivity index (χ4v) is 2.47. The molecule has 0 aliphatic rings. The van der Waals surface area contributed by atoms with Gasteiger partial charge >= 0.3 is 0 Å². The molecule has 0 aliphatic heterocycles. The highest BCUT2D eigenvalue weighted by Gasteiger charge is 2.13. The van der Waals surface area contributed by atoms with E-state index in [0.29, 0.717) is 6.54 Å². The smallest absolute Gasteiger partial charge is 0.254 e. The van der Waals surface area contributed by atoms with Crippen LogP contribution in [0.3, 0.4) is 0 Å². The van der Waals surface area contributed by atoms with E-state index in [1.165, 1.54) is 12.1 Å². The van der Waals surface area contributed by atoms with E-state index in [1.54, 1.807) is 12.1 Å². The normalized spacial score (nSPS) is 10.8. The third kappa shape index (κ3) is 2.52. The Kier molecular flexibility index (Phi) is 3.44. The van der Waals surface area contributed by atoms with Crippen LogP contribution in [0.4, 0.5) is 4.39 Å². The molecular weight excluding hydrogens is 267 g/mol. The van der Waals surface area contributed by atoms with E-state index in [9.17, 15) is 9.18 Å². The molecule has 1 aromatic heterocycles. The summed E-state index contributed by atoms with van der Waals surface area (Å²) in [5.74, 6) is -0.913. The second-order valence-corrected chi connectivity index (χ2v) is 4.94. The number of para-hydroxylation sites is 1. The maximum atomic E-state index is 13.6. The van der Waals surface area contributed by atoms with E-state index < -0.39 is 11.7 Å². The van der Waals surface area contributed by atoms with Gasteiger partial charge in [-0.15, -0.1) is 0 Å². The number of H-pyrrole nitrogens is 1. The Morgan fingerprint density at radius 1 is 1.14 bits per heavy atom. The third-order valence-corrected chi connectivity index (χ3v) is 3.57. The van der Waals surface area contributed by atoms with Crippen molar-refractivity contribution in [2.24, 2.45) is 0 Å². The first kappa shape index (κ1) is 13.4. The number of hydrogen-bond acceptors (Lipinski definition) is 1. The van der Waals surface area contributed by atoms with Crippen LogP contribution < -0.4 is 5.32 Å². The molecule has 2 aromatic carbocycles. The van der Waals surface area contributed by atoms with E-state index in [0.717, 1.165) is 22.2 Å². The van der Waals surface area contributed by atoms with Crippen LogP contribution in [-0.4, -0.2) is 10.9 Å². The van der Waals surface area contributed by atoms with Gasteiger partial charge in [-0.05, 0) is 30.7 Å². The van der Waals surface area contributed by atoms with Crippen LogP contribution in [0.15, 0.2) is 48.5 Å². The van der Waals surface area contributed by atoms with Crippen molar-refractivity contribution >= 4 is 16.8 Å². The zero-order chi connectivity index (χ0) is 14.8. The summed E-state index contributed by atoms with van der Waals surface area (Å²) in [6.45, 7) is 2.33. The van der Waals surface area contributed by atoms with Crippen molar-refractivity contribution in [3.8, 4) is 0 Å². The van der Waals surface area contributed by atoms with Crippen LogP contribution in [0.1, 0.15) is 21.6 Å². The fourth-order valence-electron chi connectivity index (χ4n) is 2.47. The lowest BCUT2D eigenvalue weighted by molar-refractivity contribution is 0.0947. The van der Waals surface area contributed by atoms with E-state index in [2.05, 4.69) is 10.3 Å². The van der Waals surface area contributed by atoms with Crippen LogP contribution in [0, 0.1) is 12.7 Å². The van der Waals surface area contributed by atoms with Gasteiger partial charge in [-0.3, -0.25) is 4.79 Å². The number of amides is 1. The van der Waals surface area contributed by atoms with Crippen LogP contribution in [0.25, 0.3) is 10.9 Å². The molecule has 0 saturated heterocycles. The van der Waals surface area contributed by atoms with Crippen molar-refractivity contribution in [2.45, 2.75) is 13.5 Å². The number of carbonyl (C=O) groups excluding carboxylic acids is 1. The van der Waals surface area contributed by atoms with Gasteiger partial charge in [-0.2, -0.15) is 0 Å². The summed E-state index contributed by atoms with van der Waals surface area (Å²) in [5.41, 5.74) is 3.13. The summed E-state index contributed by atoms with van der Waals surface area (Å²) in [5, 5.41) is 3.85. The van der Waals surface area contributed by atoms with Gasteiger partial charge < -0.3 is 10.3 Å². The Bertz CT molecular complexity index is 807. The van der Waals surface area contributed by atoms with Crippen molar-refractivity contribution in [3.63, 3.8) is 0 Å². The minimum absolute atomic E-state index is 0.0648. The molecule has 4 heteroatoms. The van der Waals surface area contributed by atoms with Crippen molar-refractivity contribution < 1.29 is 9.18 Å². The molecule has 0 bridgehead atoms. The highest BCUT2D eigenvalue weighted by molar-refractivity contribution is 5.94. The number of hydrogen-bond donors (Lipinski definition) is 2. The predicted octanol–water partition coefficient (Wildman–Crippen LogP) is 3.55. The molecule has 0 fully saturated rings. The summed E-state index contributed by atoms with van der Waals surface area (Å²) in [6.07, 6.45) is 0. The van der Waals surface area contributed by atoms with Gasteiger partial charge in [0.25, 0.3) is 5.91 Å². The first-order valence-corrected chi connectivity index (χ1v) is 6.75. The van der Waals surface area contributed by atoms with Crippen LogP contribution in [-0.2, 0) is 6.54 Å². The van der Waals surface area contributed by atoms with Gasteiger partial charge in [0.15, 0.2) is 0 Å². The number of aromatic amines is 1. The highest BCUT2D eigenvalue weighted by Crippen LogP contribution is 2.21. The van der Waals surface area contributed by atoms with Gasteiger partial charge in [0.05, 0.1) is 5.56 Å². The van der Waals surface area contributed by atoms with Gasteiger partial charge in [-0.1, -0.05) is 30.3 Å². The maximum absolute atomic E-state index is 13.6. The van der Waals surface area contributed by atoms with Crippen LogP contribution in [0.2, 0.25) is 0 Å². The van der Waals surface area contributed by atoms with Crippen LogP contribution >= 0.6 is 0 Å². The zero-order valence-electron chi connectivity index (χ0n) is 11.6. The minimum atomic E-state index is -0.509. The minimum Gasteiger partial charge on any atom is -0.358 e. The summed E-state index contributed by atoms with van der Waals surface area (Å²) < 4.78 is 13.6. The molecule has 3 rings (SSSR count). The summed E-state index contributed by atoms with van der Waals surface area (Å²) in [7, 11) is 0. The molecular formula is C17H15FN2O. The average Bonchev–Trinajstić information content (AvgIpc) is 2.81. The van der Waals surface area contributed by atoms with Gasteiger partial charge in [0.1, 0.15) is 5.82 Å². The van der Waals surface area contributed by atoms with E-state index >= 15 is 0 Å². The molecule has 1 heterocycles. The number of benzene rings is 2. The Morgan fingerprint density at radius 3 is 2.67 bits per heavy atom. The fraction of sp³-hybridized carbons (Fsp3) is 0.118. The third-order valence-electron chi connectivity index (χ3n) is 3.57. The van der Waals surface area contributed by atoms with Crippen molar-refractivity contribution in [2.75, 3.05) is 0 Å². The SMILES string of the molecule is Cc1[nH]c2ccccc2c1CNC(=O)c1ccccc1F. The molecule has 1 amide bonds. The molecule has 0 atom stereocenters. The van der Waals surface area contributed by atoms with Gasteiger partial charge in [0.2, 0.25) is 0 Å². The summed E-state index contributed by atoms with van der Waals surface area (Å²) in [4.78, 5) is 15.3. The molecule has 0 aliphatic carbocycles. The Balaban J connectivity index is 1.82. The van der Waals surface area contributed by atoms with Gasteiger partial charge in [0, 0.05) is 23.1 Å². The largest absolute Gasteiger partial charge is 0.358 e. The Labute approximate surface area is 121 Å². The monoisotopic (exact) mass is 282 g/mol. The van der Waals surface area contributed by atoms with Crippen LogP contribution in [0.5, 0.6) is 0 Å². The quantitative estimate of drug-likeness (QED) is 0.758. The topological polar surface area (TPSA) is 44.9 Å². The number of halogens is 1. The van der Waals surface area contributed by atoms with E-state index in [1.807, 2.05) is 31.2 Å². The second kappa shape index (κ2) is 5.40. The molecule has 0 spiro atoms. The molecule has 3 nitrogen and oxygen atoms in total. The highest BCUT2D eigenvalue weighted by atomic mass is 19.1. The first-order valence-electron chi connectivity index (χ1n) is 6.75. The molecule has 0 unspecified atom stereocenters. The molecule has 0 radical (unpaired) electrons. The zero-order valence-corrected chi connectivity index (χ0v) is 11.6. The lowest BCUT2D eigenvalue weighted by Gasteiger charge is -2.06. The standard InChI is InChI=1S/C17H15FN2O/c1-11-14(12-6-3-5-9-16(12)20-11)10-19-17(21)13-7-2-4-8-15(13)18/h2-9,20H,10H2,1H3,(H,19,21). The Hall–Kier alpha value is -2.62. The van der Waals surface area contributed by atoms with E-state index in [4.69, 9.17) is 0 Å². The lowest BCUT2D eigenvalue weighted by Crippen LogP contribution is -2.24. The number of aromatic nitrogens is 1. The number of fused-ring (bicyclic) bond motifs is 1. The molecule has 2 N–H and O–H groups in total. The van der Waals surface area contributed by atoms with E-state index in [-0.39, 0.29) is 5.56 Å². The van der Waals surface area contributed by atoms with Gasteiger partial charge in [-0.25, -0.2) is 4.39 Å². The van der Waals surface area contributed by atoms with Crippen molar-refractivity contribution in [3.05, 3.63) is 71.2 Å². The second-order valence-electron chi connectivity index (χ2n) is 4.94. The predicted molar refractivity (Wildman–Crippen MR) is 80.6 cm³/mol. The maximum Gasteiger partial charge on any atom is 0.254 e. The average molecular weight is 282 g/mol. The number of rotatable bonds is 3. The summed E-state index contributed by atoms with van der Waals surface area (Å²) in [6, 6.07) is 13.9. The number of carbonyl (C=O) groups is 1. The molecule has 106 valence electrons. The summed E-state index contributed by atoms with van der Waals surface area (Å²) >= 11 is 0. The molecule has 21 heavy (non-hydrogen) atoms. The lowest BCUT2D eigenvalue weighted by atomic mass is 10.1. The Morgan fingerprint density at radius 2 is 1.86 bits per heavy atom. The first-order chi connectivity index (χ1) is 10.2. The molecule has 3 aromatic rings. The number of aryl methyl sites for hydroxylation is 1.